The van der Waals surface area contributed by atoms with Crippen LogP contribution in [0.2, 0.25) is 0 Å². The van der Waals surface area contributed by atoms with E-state index in [9.17, 15) is 5.26 Å². The Bertz CT molecular complexity index is 5540. The summed E-state index contributed by atoms with van der Waals surface area (Å²) >= 11 is 1.65. The lowest BCUT2D eigenvalue weighted by molar-refractivity contribution is 0.561. The number of oxazole rings is 1. The van der Waals surface area contributed by atoms with Crippen molar-refractivity contribution in [2.24, 2.45) is 0 Å². The Hall–Kier alpha value is -10.5. The molecule has 10 aromatic carbocycles. The molecule has 0 spiro atoms. The largest absolute Gasteiger partial charge is 0.441 e. The predicted molar refractivity (Wildman–Crippen MR) is 398 cm³/mol. The Morgan fingerprint density at radius 1 is 0.375 bits per heavy atom. The fourth-order valence-electron chi connectivity index (χ4n) is 14.4. The molecule has 5 heterocycles. The van der Waals surface area contributed by atoms with E-state index in [-0.39, 0.29) is 35.5 Å². The van der Waals surface area contributed by atoms with Gasteiger partial charge >= 0.3 is 0 Å². The van der Waals surface area contributed by atoms with Gasteiger partial charge in [0.1, 0.15) is 23.0 Å². The standard InChI is InChI=1S/C85H77N9OS/c1-47(2)63-21-15-22-64(48(3)4)80(63)92-74-33-29-55(41-70(74)89-83(92)57-20-14-19-54(37-57)45-86)60-38-61(56-30-34-75-71(42-56)90-84(59-32-36-78-73(44-59)87-46-96-78)93(75)81-65(49(5)6)23-16-24-66(81)50(7)8)40-62(39-60)69-27-18-28-76-79(69)91-85(58-31-35-77-72(43-58)88-53(13)95-77)94(76)82-67(51(9)10)25-17-26-68(82)52(11)12/h14-44,46-52H,1-13H3. The normalized spacial score (nSPS) is 12.1. The third-order valence-electron chi connectivity index (χ3n) is 19.2. The van der Waals surface area contributed by atoms with Crippen molar-refractivity contribution in [1.29, 1.82) is 5.26 Å². The van der Waals surface area contributed by atoms with Gasteiger partial charge in [0, 0.05) is 29.2 Å². The molecule has 15 rings (SSSR count). The number of nitrogens with zero attached hydrogens (tertiary/aromatic N) is 9. The Labute approximate surface area is 565 Å². The van der Waals surface area contributed by atoms with Gasteiger partial charge in [-0.15, -0.1) is 11.3 Å². The minimum Gasteiger partial charge on any atom is -0.441 e. The first kappa shape index (κ1) is 61.6. The van der Waals surface area contributed by atoms with Gasteiger partial charge in [-0.1, -0.05) is 174 Å². The summed E-state index contributed by atoms with van der Waals surface area (Å²) in [5.41, 5.74) is 30.5. The Morgan fingerprint density at radius 3 is 1.31 bits per heavy atom. The predicted octanol–water partition coefficient (Wildman–Crippen LogP) is 23.4. The first-order valence-electron chi connectivity index (χ1n) is 33.7. The molecule has 5 aromatic heterocycles. The van der Waals surface area contributed by atoms with Gasteiger partial charge in [-0.25, -0.2) is 24.9 Å². The monoisotopic (exact) mass is 1270 g/mol. The first-order chi connectivity index (χ1) is 46.4. The van der Waals surface area contributed by atoms with E-state index in [0.717, 1.165) is 133 Å². The van der Waals surface area contributed by atoms with E-state index in [1.807, 2.05) is 36.7 Å². The van der Waals surface area contributed by atoms with E-state index >= 15 is 0 Å². The number of hydrogen-bond donors (Lipinski definition) is 0. The highest BCUT2D eigenvalue weighted by Gasteiger charge is 2.28. The molecule has 0 aliphatic carbocycles. The molecule has 0 fully saturated rings. The maximum atomic E-state index is 10.3. The van der Waals surface area contributed by atoms with Crippen LogP contribution in [0, 0.1) is 18.3 Å². The number of aryl methyl sites for hydroxylation is 1. The summed E-state index contributed by atoms with van der Waals surface area (Å²) in [6, 6.07) is 70.5. The van der Waals surface area contributed by atoms with Crippen LogP contribution in [0.5, 0.6) is 0 Å². The molecule has 96 heavy (non-hydrogen) atoms. The van der Waals surface area contributed by atoms with Crippen molar-refractivity contribution in [3.8, 4) is 90.7 Å². The molecule has 0 saturated carbocycles. The molecule has 0 bridgehead atoms. The molecule has 0 aliphatic rings. The van der Waals surface area contributed by atoms with Gasteiger partial charge in [-0.05, 0) is 194 Å². The average Bonchev–Trinajstić information content (AvgIpc) is 1.57. The van der Waals surface area contributed by atoms with E-state index in [1.165, 1.54) is 39.1 Å². The molecule has 474 valence electrons. The second-order valence-electron chi connectivity index (χ2n) is 27.6. The summed E-state index contributed by atoms with van der Waals surface area (Å²) < 4.78 is 14.4. The molecule has 0 radical (unpaired) electrons. The molecule has 10 nitrogen and oxygen atoms in total. The molecular formula is C85H77N9OS. The number of nitriles is 1. The van der Waals surface area contributed by atoms with Crippen LogP contribution in [0.4, 0.5) is 0 Å². The van der Waals surface area contributed by atoms with Crippen molar-refractivity contribution in [1.82, 2.24) is 38.6 Å². The van der Waals surface area contributed by atoms with Gasteiger partial charge in [0.05, 0.1) is 77.5 Å². The molecule has 11 heteroatoms. The summed E-state index contributed by atoms with van der Waals surface area (Å²) in [5, 5.41) is 10.3. The van der Waals surface area contributed by atoms with Crippen molar-refractivity contribution in [3.05, 3.63) is 238 Å². The van der Waals surface area contributed by atoms with E-state index in [0.29, 0.717) is 11.5 Å². The zero-order valence-electron chi connectivity index (χ0n) is 56.8. The highest BCUT2D eigenvalue weighted by molar-refractivity contribution is 7.16. The van der Waals surface area contributed by atoms with E-state index < -0.39 is 0 Å². The number of thiazole rings is 1. The topological polar surface area (TPSA) is 116 Å². The Morgan fingerprint density at radius 2 is 0.802 bits per heavy atom. The summed E-state index contributed by atoms with van der Waals surface area (Å²) in [5.74, 6) is 4.52. The SMILES string of the molecule is Cc1nc2cc(-c3nc4c(-c5cc(-c6ccc7c(c6)nc(-c6cccc(C#N)c6)n7-c6c(C(C)C)cccc6C(C)C)cc(-c6ccc7c(c6)nc(-c6ccc8scnc8c6)n7-c6c(C(C)C)cccc6C(C)C)c5)cccc4n3-c3c(C(C)C)cccc3C(C)C)ccc2o1. The van der Waals surface area contributed by atoms with Crippen LogP contribution in [0.25, 0.3) is 139 Å². The highest BCUT2D eigenvalue weighted by Crippen LogP contribution is 2.46. The van der Waals surface area contributed by atoms with E-state index in [2.05, 4.69) is 267 Å². The molecule has 0 atom stereocenters. The van der Waals surface area contributed by atoms with Gasteiger partial charge in [0.2, 0.25) is 0 Å². The lowest BCUT2D eigenvalue weighted by Gasteiger charge is -2.22. The van der Waals surface area contributed by atoms with Crippen LogP contribution in [-0.2, 0) is 0 Å². The first-order valence-corrected chi connectivity index (χ1v) is 34.6. The maximum absolute atomic E-state index is 10.3. The van der Waals surface area contributed by atoms with Gasteiger partial charge in [0.25, 0.3) is 0 Å². The molecule has 0 amide bonds. The molecule has 0 unspecified atom stereocenters. The molecule has 0 saturated heterocycles. The second kappa shape index (κ2) is 24.3. The van der Waals surface area contributed by atoms with Crippen molar-refractivity contribution >= 4 is 65.8 Å². The minimum absolute atomic E-state index is 0.223. The van der Waals surface area contributed by atoms with Crippen LogP contribution in [0.3, 0.4) is 0 Å². The molecule has 0 N–H and O–H groups in total. The summed E-state index contributed by atoms with van der Waals surface area (Å²) in [6.45, 7) is 29.2. The number of fused-ring (bicyclic) bond motifs is 5. The van der Waals surface area contributed by atoms with Crippen LogP contribution in [0.1, 0.15) is 163 Å². The van der Waals surface area contributed by atoms with Crippen LogP contribution in [-0.4, -0.2) is 38.6 Å². The number of aromatic nitrogens is 8. The number of para-hydroxylation sites is 4. The van der Waals surface area contributed by atoms with Gasteiger partial charge < -0.3 is 4.42 Å². The number of imidazole rings is 3. The van der Waals surface area contributed by atoms with Crippen molar-refractivity contribution in [2.45, 2.75) is 126 Å². The average molecular weight is 1270 g/mol. The van der Waals surface area contributed by atoms with Crippen molar-refractivity contribution in [2.75, 3.05) is 0 Å². The maximum Gasteiger partial charge on any atom is 0.192 e. The third kappa shape index (κ3) is 10.6. The molecule has 0 aliphatic heterocycles. The summed E-state index contributed by atoms with van der Waals surface area (Å²) in [4.78, 5) is 26.8. The fraction of sp³-hybridized carbons (Fsp3) is 0.224. The molecular weight excluding hydrogens is 1200 g/mol. The fourth-order valence-corrected chi connectivity index (χ4v) is 15.1. The van der Waals surface area contributed by atoms with E-state index in [1.54, 1.807) is 11.3 Å². The lowest BCUT2D eigenvalue weighted by Crippen LogP contribution is -2.08. The number of benzene rings is 10. The minimum atomic E-state index is 0.223. The van der Waals surface area contributed by atoms with Gasteiger partial charge in [0.15, 0.2) is 11.5 Å². The molecule has 15 aromatic rings. The van der Waals surface area contributed by atoms with Gasteiger partial charge in [-0.3, -0.25) is 13.7 Å². The lowest BCUT2D eigenvalue weighted by atomic mass is 9.91. The third-order valence-corrected chi connectivity index (χ3v) is 20.0. The Kier molecular flexibility index (Phi) is 15.6. The zero-order valence-corrected chi connectivity index (χ0v) is 57.6. The van der Waals surface area contributed by atoms with Crippen LogP contribution < -0.4 is 0 Å². The summed E-state index contributed by atoms with van der Waals surface area (Å²) in [6.07, 6.45) is 0. The van der Waals surface area contributed by atoms with Crippen molar-refractivity contribution < 1.29 is 4.42 Å². The van der Waals surface area contributed by atoms with Gasteiger partial charge in [-0.2, -0.15) is 5.26 Å². The number of hydrogen-bond acceptors (Lipinski definition) is 8. The second-order valence-corrected chi connectivity index (χ2v) is 28.5. The Balaban J connectivity index is 1.00. The van der Waals surface area contributed by atoms with Crippen molar-refractivity contribution in [3.63, 3.8) is 0 Å². The van der Waals surface area contributed by atoms with Crippen LogP contribution >= 0.6 is 11.3 Å². The smallest absolute Gasteiger partial charge is 0.192 e. The highest BCUT2D eigenvalue weighted by atomic mass is 32.1. The van der Waals surface area contributed by atoms with E-state index in [4.69, 9.17) is 29.3 Å². The number of rotatable bonds is 15. The quantitative estimate of drug-likeness (QED) is 0.100. The summed E-state index contributed by atoms with van der Waals surface area (Å²) in [7, 11) is 0. The van der Waals surface area contributed by atoms with Crippen LogP contribution in [0.15, 0.2) is 198 Å². The zero-order chi connectivity index (χ0) is 66.5.